The predicted molar refractivity (Wildman–Crippen MR) is 79.0 cm³/mol. The summed E-state index contributed by atoms with van der Waals surface area (Å²) in [6.45, 7) is 2.70. The molecule has 1 aromatic carbocycles. The van der Waals surface area contributed by atoms with E-state index in [1.54, 1.807) is 0 Å². The topological polar surface area (TPSA) is 50.4 Å². The molecule has 0 bridgehead atoms. The zero-order chi connectivity index (χ0) is 13.8. The number of rotatable bonds is 5. The van der Waals surface area contributed by atoms with Crippen LogP contribution >= 0.6 is 0 Å². The molecule has 2 fully saturated rings. The Balaban J connectivity index is 1.48. The van der Waals surface area contributed by atoms with Crippen LogP contribution in [0.5, 0.6) is 0 Å². The molecule has 2 aliphatic rings. The van der Waals surface area contributed by atoms with Gasteiger partial charge in [0.2, 0.25) is 0 Å². The summed E-state index contributed by atoms with van der Waals surface area (Å²) in [6.07, 6.45) is 4.63. The Morgan fingerprint density at radius 1 is 1.20 bits per heavy atom. The minimum absolute atomic E-state index is 0.0414. The monoisotopic (exact) mass is 274 g/mol. The highest BCUT2D eigenvalue weighted by Gasteiger charge is 2.23. The highest BCUT2D eigenvalue weighted by molar-refractivity contribution is 5.94. The fraction of sp³-hybridized carbons (Fsp3) is 0.562. The molecule has 4 nitrogen and oxygen atoms in total. The van der Waals surface area contributed by atoms with E-state index >= 15 is 0 Å². The zero-order valence-corrected chi connectivity index (χ0v) is 11.7. The largest absolute Gasteiger partial charge is 0.385 e. The van der Waals surface area contributed by atoms with Crippen molar-refractivity contribution in [1.82, 2.24) is 5.32 Å². The molecule has 1 saturated heterocycles. The maximum Gasteiger partial charge on any atom is 0.251 e. The Hall–Kier alpha value is -1.55. The third-order valence-electron chi connectivity index (χ3n) is 3.91. The molecule has 108 valence electrons. The molecule has 4 heteroatoms. The van der Waals surface area contributed by atoms with Gasteiger partial charge < -0.3 is 15.4 Å². The van der Waals surface area contributed by atoms with E-state index in [-0.39, 0.29) is 5.91 Å². The minimum Gasteiger partial charge on any atom is -0.385 e. The Kier molecular flexibility index (Phi) is 4.21. The van der Waals surface area contributed by atoms with Crippen LogP contribution in [0, 0.1) is 5.92 Å². The lowest BCUT2D eigenvalue weighted by Crippen LogP contribution is -2.25. The number of amides is 1. The number of carbonyl (C=O) groups excluding carboxylic acids is 1. The average Bonchev–Trinajstić information content (AvgIpc) is 3.31. The van der Waals surface area contributed by atoms with Crippen molar-refractivity contribution in [2.45, 2.75) is 31.7 Å². The van der Waals surface area contributed by atoms with Crippen LogP contribution in [0.3, 0.4) is 0 Å². The van der Waals surface area contributed by atoms with Crippen LogP contribution in [-0.4, -0.2) is 31.7 Å². The lowest BCUT2D eigenvalue weighted by atomic mass is 10.0. The van der Waals surface area contributed by atoms with Gasteiger partial charge in [-0.25, -0.2) is 0 Å². The van der Waals surface area contributed by atoms with E-state index < -0.39 is 0 Å². The molecule has 1 aliphatic heterocycles. The Labute approximate surface area is 119 Å². The molecule has 1 aliphatic carbocycles. The number of ether oxygens (including phenoxy) is 1. The summed E-state index contributed by atoms with van der Waals surface area (Å²) in [7, 11) is 0. The summed E-state index contributed by atoms with van der Waals surface area (Å²) in [5.74, 6) is 0.640. The van der Waals surface area contributed by atoms with Gasteiger partial charge >= 0.3 is 0 Å². The minimum atomic E-state index is 0.0414. The first kappa shape index (κ1) is 13.4. The fourth-order valence-electron chi connectivity index (χ4n) is 2.47. The first-order valence-corrected chi connectivity index (χ1v) is 7.54. The summed E-state index contributed by atoms with van der Waals surface area (Å²) in [5.41, 5.74) is 1.81. The maximum absolute atomic E-state index is 11.9. The van der Waals surface area contributed by atoms with E-state index in [4.69, 9.17) is 4.74 Å². The molecule has 1 amide bonds. The number of hydrogen-bond acceptors (Lipinski definition) is 3. The van der Waals surface area contributed by atoms with Gasteiger partial charge in [0, 0.05) is 30.4 Å². The second-order valence-electron chi connectivity index (χ2n) is 5.79. The Morgan fingerprint density at radius 2 is 2.00 bits per heavy atom. The number of anilines is 1. The van der Waals surface area contributed by atoms with Gasteiger partial charge in [-0.1, -0.05) is 0 Å². The third-order valence-corrected chi connectivity index (χ3v) is 3.91. The second kappa shape index (κ2) is 6.27. The van der Waals surface area contributed by atoms with Crippen molar-refractivity contribution in [2.24, 2.45) is 5.92 Å². The SMILES string of the molecule is O=C(NC1CC1)c1ccc(NCC2CCCOC2)cc1. The first-order chi connectivity index (χ1) is 9.81. The number of carbonyl (C=O) groups is 1. The van der Waals surface area contributed by atoms with Gasteiger partial charge in [0.25, 0.3) is 5.91 Å². The van der Waals surface area contributed by atoms with Gasteiger partial charge in [0.15, 0.2) is 0 Å². The Bertz CT molecular complexity index is 448. The first-order valence-electron chi connectivity index (χ1n) is 7.54. The maximum atomic E-state index is 11.9. The summed E-state index contributed by atoms with van der Waals surface area (Å²) in [4.78, 5) is 11.9. The van der Waals surface area contributed by atoms with E-state index in [0.717, 1.165) is 50.3 Å². The van der Waals surface area contributed by atoms with Crippen LogP contribution in [-0.2, 0) is 4.74 Å². The quantitative estimate of drug-likeness (QED) is 0.867. The molecule has 1 aromatic rings. The van der Waals surface area contributed by atoms with Gasteiger partial charge in [-0.15, -0.1) is 0 Å². The molecular weight excluding hydrogens is 252 g/mol. The summed E-state index contributed by atoms with van der Waals surface area (Å²) in [6, 6.07) is 8.14. The van der Waals surface area contributed by atoms with Crippen molar-refractivity contribution in [3.63, 3.8) is 0 Å². The predicted octanol–water partition coefficient (Wildman–Crippen LogP) is 2.42. The summed E-state index contributed by atoms with van der Waals surface area (Å²) in [5, 5.41) is 6.42. The highest BCUT2D eigenvalue weighted by Crippen LogP contribution is 2.20. The van der Waals surface area contributed by atoms with Gasteiger partial charge in [0.05, 0.1) is 6.61 Å². The van der Waals surface area contributed by atoms with Gasteiger partial charge in [-0.2, -0.15) is 0 Å². The molecule has 20 heavy (non-hydrogen) atoms. The average molecular weight is 274 g/mol. The second-order valence-corrected chi connectivity index (χ2v) is 5.79. The molecule has 0 aromatic heterocycles. The van der Waals surface area contributed by atoms with Crippen molar-refractivity contribution in [3.8, 4) is 0 Å². The lowest BCUT2D eigenvalue weighted by molar-refractivity contribution is 0.0595. The molecule has 0 spiro atoms. The van der Waals surface area contributed by atoms with Crippen molar-refractivity contribution in [2.75, 3.05) is 25.1 Å². The van der Waals surface area contributed by atoms with Crippen LogP contribution < -0.4 is 10.6 Å². The Morgan fingerprint density at radius 3 is 2.65 bits per heavy atom. The van der Waals surface area contributed by atoms with Crippen LogP contribution in [0.4, 0.5) is 5.69 Å². The molecule has 0 radical (unpaired) electrons. The van der Waals surface area contributed by atoms with Crippen molar-refractivity contribution >= 4 is 11.6 Å². The van der Waals surface area contributed by atoms with E-state index in [9.17, 15) is 4.79 Å². The van der Waals surface area contributed by atoms with Crippen LogP contribution in [0.1, 0.15) is 36.0 Å². The smallest absolute Gasteiger partial charge is 0.251 e. The molecule has 3 rings (SSSR count). The van der Waals surface area contributed by atoms with E-state index in [1.807, 2.05) is 24.3 Å². The summed E-state index contributed by atoms with van der Waals surface area (Å²) >= 11 is 0. The zero-order valence-electron chi connectivity index (χ0n) is 11.7. The van der Waals surface area contributed by atoms with Gasteiger partial charge in [-0.3, -0.25) is 4.79 Å². The van der Waals surface area contributed by atoms with E-state index in [0.29, 0.717) is 12.0 Å². The molecule has 1 heterocycles. The highest BCUT2D eigenvalue weighted by atomic mass is 16.5. The van der Waals surface area contributed by atoms with Crippen LogP contribution in [0.2, 0.25) is 0 Å². The molecule has 1 atom stereocenters. The van der Waals surface area contributed by atoms with Crippen molar-refractivity contribution in [1.29, 1.82) is 0 Å². The molecular formula is C16H22N2O2. The van der Waals surface area contributed by atoms with Crippen LogP contribution in [0.15, 0.2) is 24.3 Å². The molecule has 2 N–H and O–H groups in total. The third kappa shape index (κ3) is 3.73. The standard InChI is InChI=1S/C16H22N2O2/c19-16(18-15-7-8-15)13-3-5-14(6-4-13)17-10-12-2-1-9-20-11-12/h3-6,12,15,17H,1-2,7-11H2,(H,18,19). The molecule has 1 saturated carbocycles. The van der Waals surface area contributed by atoms with E-state index in [1.165, 1.54) is 6.42 Å². The molecule has 1 unspecified atom stereocenters. The van der Waals surface area contributed by atoms with Crippen molar-refractivity contribution < 1.29 is 9.53 Å². The van der Waals surface area contributed by atoms with Crippen LogP contribution in [0.25, 0.3) is 0 Å². The lowest BCUT2D eigenvalue weighted by Gasteiger charge is -2.22. The number of hydrogen-bond donors (Lipinski definition) is 2. The number of benzene rings is 1. The number of nitrogens with one attached hydrogen (secondary N) is 2. The van der Waals surface area contributed by atoms with Gasteiger partial charge in [-0.05, 0) is 55.9 Å². The summed E-state index contributed by atoms with van der Waals surface area (Å²) < 4.78 is 5.47. The normalized spacial score (nSPS) is 22.3. The fourth-order valence-corrected chi connectivity index (χ4v) is 2.47. The van der Waals surface area contributed by atoms with Gasteiger partial charge in [0.1, 0.15) is 0 Å². The van der Waals surface area contributed by atoms with Crippen molar-refractivity contribution in [3.05, 3.63) is 29.8 Å². The van der Waals surface area contributed by atoms with E-state index in [2.05, 4.69) is 10.6 Å².